The smallest absolute Gasteiger partial charge is 0.173 e. The molecule has 1 heterocycles. The number of ketones is 1. The van der Waals surface area contributed by atoms with Crippen LogP contribution in [0.15, 0.2) is 48.5 Å². The van der Waals surface area contributed by atoms with Gasteiger partial charge in [0.25, 0.3) is 0 Å². The molecule has 0 aromatic heterocycles. The van der Waals surface area contributed by atoms with Gasteiger partial charge in [0.2, 0.25) is 0 Å². The molecule has 1 saturated heterocycles. The molecule has 2 nitrogen and oxygen atoms in total. The maximum absolute atomic E-state index is 13.2. The van der Waals surface area contributed by atoms with Crippen LogP contribution in [0.25, 0.3) is 0 Å². The van der Waals surface area contributed by atoms with E-state index in [-0.39, 0.29) is 17.4 Å². The molecular weight excluding hydrogens is 284 g/mol. The summed E-state index contributed by atoms with van der Waals surface area (Å²) in [6, 6.07) is 11.8. The summed E-state index contributed by atoms with van der Waals surface area (Å²) in [6.07, 6.45) is 1.30. The molecule has 0 radical (unpaired) electrons. The van der Waals surface area contributed by atoms with E-state index in [4.69, 9.17) is 0 Å². The topological polar surface area (TPSA) is 29.1 Å². The predicted molar refractivity (Wildman–Crippen MR) is 80.9 cm³/mol. The summed E-state index contributed by atoms with van der Waals surface area (Å²) in [4.78, 5) is 13.1. The first-order valence-electron chi connectivity index (χ1n) is 7.39. The highest BCUT2D eigenvalue weighted by Crippen LogP contribution is 2.37. The Balaban J connectivity index is 2.03. The predicted octanol–water partition coefficient (Wildman–Crippen LogP) is 3.47. The molecule has 114 valence electrons. The SMILES string of the molecule is O=C(c1ccc(F)cc1)C1(c2ccc(F)cc2)CCNCC1. The van der Waals surface area contributed by atoms with E-state index in [2.05, 4.69) is 5.32 Å². The number of nitrogens with one attached hydrogen (secondary N) is 1. The zero-order valence-electron chi connectivity index (χ0n) is 12.1. The molecule has 0 saturated carbocycles. The van der Waals surface area contributed by atoms with Gasteiger partial charge in [-0.1, -0.05) is 12.1 Å². The zero-order valence-corrected chi connectivity index (χ0v) is 12.1. The third-order valence-corrected chi connectivity index (χ3v) is 4.39. The Bertz CT molecular complexity index is 658. The second-order valence-electron chi connectivity index (χ2n) is 5.68. The van der Waals surface area contributed by atoms with Crippen molar-refractivity contribution >= 4 is 5.78 Å². The normalized spacial score (nSPS) is 17.2. The third-order valence-electron chi connectivity index (χ3n) is 4.39. The van der Waals surface area contributed by atoms with Crippen molar-refractivity contribution < 1.29 is 13.6 Å². The lowest BCUT2D eigenvalue weighted by molar-refractivity contribution is 0.0847. The van der Waals surface area contributed by atoms with E-state index in [1.165, 1.54) is 36.4 Å². The largest absolute Gasteiger partial charge is 0.317 e. The fourth-order valence-electron chi connectivity index (χ4n) is 3.15. The van der Waals surface area contributed by atoms with Gasteiger partial charge in [0, 0.05) is 5.56 Å². The standard InChI is InChI=1S/C18H17F2NO/c19-15-5-1-13(2-6-15)17(22)18(9-11-21-12-10-18)14-3-7-16(20)8-4-14/h1-8,21H,9-12H2. The van der Waals surface area contributed by atoms with Crippen LogP contribution in [-0.4, -0.2) is 18.9 Å². The number of Topliss-reactive ketones (excluding diaryl/α,β-unsaturated/α-hetero) is 1. The Kier molecular flexibility index (Phi) is 4.03. The summed E-state index contributed by atoms with van der Waals surface area (Å²) in [7, 11) is 0. The number of hydrogen-bond acceptors (Lipinski definition) is 2. The minimum atomic E-state index is -0.670. The van der Waals surface area contributed by atoms with Crippen LogP contribution in [0.3, 0.4) is 0 Å². The van der Waals surface area contributed by atoms with Crippen LogP contribution in [0.1, 0.15) is 28.8 Å². The number of halogens is 2. The monoisotopic (exact) mass is 301 g/mol. The number of carbonyl (C=O) groups is 1. The van der Waals surface area contributed by atoms with E-state index in [1.807, 2.05) is 0 Å². The Labute approximate surface area is 128 Å². The summed E-state index contributed by atoms with van der Waals surface area (Å²) in [5.74, 6) is -0.708. The number of carbonyl (C=O) groups excluding carboxylic acids is 1. The van der Waals surface area contributed by atoms with Crippen molar-refractivity contribution in [3.05, 3.63) is 71.3 Å². The third kappa shape index (κ3) is 2.66. The Morgan fingerprint density at radius 3 is 1.91 bits per heavy atom. The highest BCUT2D eigenvalue weighted by atomic mass is 19.1. The molecule has 0 spiro atoms. The van der Waals surface area contributed by atoms with Gasteiger partial charge in [-0.2, -0.15) is 0 Å². The molecule has 1 fully saturated rings. The lowest BCUT2D eigenvalue weighted by Gasteiger charge is -2.37. The van der Waals surface area contributed by atoms with E-state index < -0.39 is 5.41 Å². The second-order valence-corrected chi connectivity index (χ2v) is 5.68. The van der Waals surface area contributed by atoms with Crippen LogP contribution in [0.2, 0.25) is 0 Å². The molecule has 0 atom stereocenters. The van der Waals surface area contributed by atoms with Crippen LogP contribution in [0, 0.1) is 11.6 Å². The van der Waals surface area contributed by atoms with Crippen LogP contribution in [-0.2, 0) is 5.41 Å². The van der Waals surface area contributed by atoms with Gasteiger partial charge in [0.15, 0.2) is 5.78 Å². The molecule has 2 aromatic rings. The minimum absolute atomic E-state index is 0.0272. The van der Waals surface area contributed by atoms with E-state index >= 15 is 0 Å². The first kappa shape index (κ1) is 14.9. The van der Waals surface area contributed by atoms with Gasteiger partial charge in [-0.05, 0) is 67.9 Å². The lowest BCUT2D eigenvalue weighted by Crippen LogP contribution is -2.45. The average Bonchev–Trinajstić information content (AvgIpc) is 2.56. The number of piperidine rings is 1. The van der Waals surface area contributed by atoms with Crippen LogP contribution < -0.4 is 5.32 Å². The molecule has 4 heteroatoms. The van der Waals surface area contributed by atoms with Crippen molar-refractivity contribution in [2.45, 2.75) is 18.3 Å². The van der Waals surface area contributed by atoms with E-state index in [0.29, 0.717) is 18.4 Å². The first-order valence-corrected chi connectivity index (χ1v) is 7.39. The molecule has 1 aliphatic heterocycles. The van der Waals surface area contributed by atoms with Crippen molar-refractivity contribution in [2.75, 3.05) is 13.1 Å². The second kappa shape index (κ2) is 5.97. The highest BCUT2D eigenvalue weighted by molar-refractivity contribution is 6.04. The van der Waals surface area contributed by atoms with Crippen molar-refractivity contribution in [1.82, 2.24) is 5.32 Å². The maximum Gasteiger partial charge on any atom is 0.173 e. The zero-order chi connectivity index (χ0) is 15.6. The fraction of sp³-hybridized carbons (Fsp3) is 0.278. The fourth-order valence-corrected chi connectivity index (χ4v) is 3.15. The summed E-state index contributed by atoms with van der Waals surface area (Å²) in [5, 5.41) is 3.25. The lowest BCUT2D eigenvalue weighted by atomic mass is 9.68. The van der Waals surface area contributed by atoms with Gasteiger partial charge in [0.05, 0.1) is 5.41 Å². The highest BCUT2D eigenvalue weighted by Gasteiger charge is 2.41. The van der Waals surface area contributed by atoms with Gasteiger partial charge < -0.3 is 5.32 Å². The maximum atomic E-state index is 13.2. The van der Waals surface area contributed by atoms with Gasteiger partial charge >= 0.3 is 0 Å². The molecule has 3 rings (SSSR count). The van der Waals surface area contributed by atoms with Crippen LogP contribution in [0.4, 0.5) is 8.78 Å². The molecule has 1 aliphatic rings. The minimum Gasteiger partial charge on any atom is -0.317 e. The van der Waals surface area contributed by atoms with Crippen molar-refractivity contribution in [1.29, 1.82) is 0 Å². The van der Waals surface area contributed by atoms with E-state index in [0.717, 1.165) is 18.7 Å². The Morgan fingerprint density at radius 1 is 0.864 bits per heavy atom. The molecular formula is C18H17F2NO. The van der Waals surface area contributed by atoms with Crippen molar-refractivity contribution in [3.63, 3.8) is 0 Å². The van der Waals surface area contributed by atoms with Crippen molar-refractivity contribution in [3.8, 4) is 0 Å². The van der Waals surface area contributed by atoms with E-state index in [1.54, 1.807) is 12.1 Å². The molecule has 1 N–H and O–H groups in total. The molecule has 0 aliphatic carbocycles. The van der Waals surface area contributed by atoms with Gasteiger partial charge in [-0.25, -0.2) is 8.78 Å². The first-order chi connectivity index (χ1) is 10.6. The summed E-state index contributed by atoms with van der Waals surface area (Å²) >= 11 is 0. The number of hydrogen-bond donors (Lipinski definition) is 1. The quantitative estimate of drug-likeness (QED) is 0.880. The summed E-state index contributed by atoms with van der Waals surface area (Å²) in [5.41, 5.74) is 0.647. The molecule has 0 amide bonds. The molecule has 2 aromatic carbocycles. The Morgan fingerprint density at radius 2 is 1.36 bits per heavy atom. The number of rotatable bonds is 3. The van der Waals surface area contributed by atoms with Gasteiger partial charge in [-0.15, -0.1) is 0 Å². The number of benzene rings is 2. The Hall–Kier alpha value is -2.07. The van der Waals surface area contributed by atoms with E-state index in [9.17, 15) is 13.6 Å². The summed E-state index contributed by atoms with van der Waals surface area (Å²) < 4.78 is 26.3. The van der Waals surface area contributed by atoms with Gasteiger partial charge in [-0.3, -0.25) is 4.79 Å². The van der Waals surface area contributed by atoms with Gasteiger partial charge in [0.1, 0.15) is 11.6 Å². The molecule has 22 heavy (non-hydrogen) atoms. The molecule has 0 unspecified atom stereocenters. The molecule has 0 bridgehead atoms. The van der Waals surface area contributed by atoms with Crippen molar-refractivity contribution in [2.24, 2.45) is 0 Å². The summed E-state index contributed by atoms with van der Waals surface area (Å²) in [6.45, 7) is 1.45. The van der Waals surface area contributed by atoms with Crippen LogP contribution >= 0.6 is 0 Å². The average molecular weight is 301 g/mol. The van der Waals surface area contributed by atoms with Crippen LogP contribution in [0.5, 0.6) is 0 Å².